The lowest BCUT2D eigenvalue weighted by Gasteiger charge is -2.05. The Morgan fingerprint density at radius 2 is 1.91 bits per heavy atom. The van der Waals surface area contributed by atoms with E-state index < -0.39 is 0 Å². The molecule has 0 bridgehead atoms. The predicted octanol–water partition coefficient (Wildman–Crippen LogP) is 2.77. The first-order chi connectivity index (χ1) is 11.2. The Bertz CT molecular complexity index is 1000. The van der Waals surface area contributed by atoms with E-state index in [2.05, 4.69) is 20.1 Å². The highest BCUT2D eigenvalue weighted by Crippen LogP contribution is 2.24. The van der Waals surface area contributed by atoms with Crippen molar-refractivity contribution in [2.24, 2.45) is 0 Å². The summed E-state index contributed by atoms with van der Waals surface area (Å²) < 4.78 is 1.82. The van der Waals surface area contributed by atoms with Gasteiger partial charge in [-0.15, -0.1) is 0 Å². The maximum Gasteiger partial charge on any atom is 0.154 e. The number of benzene rings is 1. The minimum Gasteiger partial charge on any atom is -0.382 e. The first kappa shape index (κ1) is 13.4. The first-order valence-electron chi connectivity index (χ1n) is 7.20. The van der Waals surface area contributed by atoms with E-state index in [1.807, 2.05) is 54.2 Å². The van der Waals surface area contributed by atoms with Crippen molar-refractivity contribution < 1.29 is 0 Å². The molecule has 4 aromatic rings. The molecule has 0 saturated carbocycles. The van der Waals surface area contributed by atoms with E-state index in [-0.39, 0.29) is 0 Å². The molecular formula is C17H14N6. The molecule has 3 heterocycles. The average Bonchev–Trinajstić information content (AvgIpc) is 2.98. The van der Waals surface area contributed by atoms with Crippen LogP contribution in [0, 0.1) is 6.92 Å². The van der Waals surface area contributed by atoms with Gasteiger partial charge >= 0.3 is 0 Å². The number of nitrogens with zero attached hydrogens (tertiary/aromatic N) is 5. The molecule has 0 amide bonds. The Morgan fingerprint density at radius 1 is 1.00 bits per heavy atom. The smallest absolute Gasteiger partial charge is 0.154 e. The number of aromatic nitrogens is 5. The van der Waals surface area contributed by atoms with Crippen LogP contribution >= 0.6 is 0 Å². The molecule has 0 radical (unpaired) electrons. The van der Waals surface area contributed by atoms with E-state index in [1.165, 1.54) is 6.20 Å². The lowest BCUT2D eigenvalue weighted by Crippen LogP contribution is -2.00. The van der Waals surface area contributed by atoms with Gasteiger partial charge in [0.25, 0.3) is 0 Å². The zero-order valence-electron chi connectivity index (χ0n) is 12.5. The molecule has 0 spiro atoms. The summed E-state index contributed by atoms with van der Waals surface area (Å²) in [6, 6.07) is 11.9. The summed E-state index contributed by atoms with van der Waals surface area (Å²) in [6.07, 6.45) is 5.06. The number of pyridine rings is 1. The predicted molar refractivity (Wildman–Crippen MR) is 89.0 cm³/mol. The van der Waals surface area contributed by atoms with Gasteiger partial charge in [-0.2, -0.15) is 5.10 Å². The number of fused-ring (bicyclic) bond motifs is 1. The van der Waals surface area contributed by atoms with E-state index >= 15 is 0 Å². The summed E-state index contributed by atoms with van der Waals surface area (Å²) in [7, 11) is 0. The first-order valence-corrected chi connectivity index (χ1v) is 7.20. The fraction of sp³-hybridized carbons (Fsp3) is 0.0588. The molecule has 0 saturated heterocycles. The van der Waals surface area contributed by atoms with Crippen LogP contribution in [0.1, 0.15) is 5.69 Å². The van der Waals surface area contributed by atoms with Crippen LogP contribution in [0.25, 0.3) is 28.0 Å². The second-order valence-electron chi connectivity index (χ2n) is 5.30. The minimum atomic E-state index is 0.399. The van der Waals surface area contributed by atoms with E-state index in [1.54, 1.807) is 6.20 Å². The normalized spacial score (nSPS) is 11.0. The van der Waals surface area contributed by atoms with Crippen molar-refractivity contribution >= 4 is 16.7 Å². The molecule has 23 heavy (non-hydrogen) atoms. The number of rotatable bonds is 2. The Morgan fingerprint density at radius 3 is 2.74 bits per heavy atom. The van der Waals surface area contributed by atoms with Crippen molar-refractivity contribution in [1.82, 2.24) is 24.7 Å². The summed E-state index contributed by atoms with van der Waals surface area (Å²) in [4.78, 5) is 13.0. The van der Waals surface area contributed by atoms with Gasteiger partial charge < -0.3 is 5.73 Å². The second kappa shape index (κ2) is 5.17. The van der Waals surface area contributed by atoms with E-state index in [0.29, 0.717) is 5.82 Å². The third-order valence-electron chi connectivity index (χ3n) is 3.61. The molecule has 0 aliphatic carbocycles. The topological polar surface area (TPSA) is 82.5 Å². The highest BCUT2D eigenvalue weighted by atomic mass is 15.3. The van der Waals surface area contributed by atoms with Crippen LogP contribution in [-0.2, 0) is 0 Å². The molecule has 112 valence electrons. The van der Waals surface area contributed by atoms with Crippen LogP contribution in [0.5, 0.6) is 0 Å². The highest BCUT2D eigenvalue weighted by molar-refractivity contribution is 5.84. The van der Waals surface area contributed by atoms with Crippen molar-refractivity contribution in [3.05, 3.63) is 60.7 Å². The van der Waals surface area contributed by atoms with Crippen LogP contribution in [0.15, 0.2) is 55.0 Å². The Hall–Kier alpha value is -3.28. The number of nitrogen functional groups attached to an aromatic ring is 1. The zero-order valence-corrected chi connectivity index (χ0v) is 12.5. The van der Waals surface area contributed by atoms with Crippen LogP contribution in [0.2, 0.25) is 0 Å². The fourth-order valence-corrected chi connectivity index (χ4v) is 2.53. The molecule has 4 rings (SSSR count). The summed E-state index contributed by atoms with van der Waals surface area (Å²) >= 11 is 0. The van der Waals surface area contributed by atoms with Crippen molar-refractivity contribution in [3.8, 4) is 17.1 Å². The van der Waals surface area contributed by atoms with Crippen LogP contribution in [0.4, 0.5) is 5.82 Å². The molecular weight excluding hydrogens is 288 g/mol. The van der Waals surface area contributed by atoms with E-state index in [0.717, 1.165) is 33.7 Å². The van der Waals surface area contributed by atoms with Crippen molar-refractivity contribution in [2.75, 3.05) is 5.73 Å². The second-order valence-corrected chi connectivity index (χ2v) is 5.30. The van der Waals surface area contributed by atoms with Gasteiger partial charge in [0.1, 0.15) is 5.82 Å². The Kier molecular flexibility index (Phi) is 3.01. The SMILES string of the molecule is Cc1cccc(-n2ncc3ccc(-c4cncc(N)n4)cc32)n1. The van der Waals surface area contributed by atoms with Crippen molar-refractivity contribution in [1.29, 1.82) is 0 Å². The molecule has 2 N–H and O–H groups in total. The summed E-state index contributed by atoms with van der Waals surface area (Å²) in [6.45, 7) is 1.96. The number of hydrogen-bond acceptors (Lipinski definition) is 5. The van der Waals surface area contributed by atoms with Gasteiger partial charge in [0.2, 0.25) is 0 Å². The molecule has 6 heteroatoms. The fourth-order valence-electron chi connectivity index (χ4n) is 2.53. The van der Waals surface area contributed by atoms with Gasteiger partial charge in [-0.05, 0) is 25.1 Å². The molecule has 6 nitrogen and oxygen atoms in total. The summed E-state index contributed by atoms with van der Waals surface area (Å²) in [5.41, 5.74) is 9.31. The lowest BCUT2D eigenvalue weighted by atomic mass is 10.1. The third kappa shape index (κ3) is 2.40. The van der Waals surface area contributed by atoms with Gasteiger partial charge in [-0.1, -0.05) is 18.2 Å². The Labute approximate surface area is 132 Å². The van der Waals surface area contributed by atoms with E-state index in [9.17, 15) is 0 Å². The summed E-state index contributed by atoms with van der Waals surface area (Å²) in [5, 5.41) is 5.49. The largest absolute Gasteiger partial charge is 0.382 e. The van der Waals surface area contributed by atoms with Crippen molar-refractivity contribution in [3.63, 3.8) is 0 Å². The van der Waals surface area contributed by atoms with Crippen molar-refractivity contribution in [2.45, 2.75) is 6.92 Å². The van der Waals surface area contributed by atoms with Crippen LogP contribution in [0.3, 0.4) is 0 Å². The molecule has 0 atom stereocenters. The average molecular weight is 302 g/mol. The monoisotopic (exact) mass is 302 g/mol. The van der Waals surface area contributed by atoms with Crippen LogP contribution < -0.4 is 5.73 Å². The van der Waals surface area contributed by atoms with Gasteiger partial charge in [0.15, 0.2) is 5.82 Å². The van der Waals surface area contributed by atoms with Gasteiger partial charge in [-0.25, -0.2) is 14.6 Å². The standard InChI is InChI=1S/C17H14N6/c1-11-3-2-4-17(21-11)23-15-7-12(5-6-13(15)8-20-23)14-9-19-10-16(18)22-14/h2-10H,1H3,(H2,18,22). The number of aryl methyl sites for hydroxylation is 1. The number of hydrogen-bond donors (Lipinski definition) is 1. The quantitative estimate of drug-likeness (QED) is 0.615. The van der Waals surface area contributed by atoms with Gasteiger partial charge in [0.05, 0.1) is 29.8 Å². The maximum atomic E-state index is 5.73. The summed E-state index contributed by atoms with van der Waals surface area (Å²) in [5.74, 6) is 1.19. The Balaban J connectivity index is 1.90. The molecule has 3 aromatic heterocycles. The third-order valence-corrected chi connectivity index (χ3v) is 3.61. The molecule has 0 aliphatic rings. The molecule has 0 unspecified atom stereocenters. The van der Waals surface area contributed by atoms with Gasteiger partial charge in [-0.3, -0.25) is 4.98 Å². The maximum absolute atomic E-state index is 5.73. The van der Waals surface area contributed by atoms with Crippen LogP contribution in [-0.4, -0.2) is 24.7 Å². The van der Waals surface area contributed by atoms with Gasteiger partial charge in [0, 0.05) is 16.6 Å². The molecule has 1 aromatic carbocycles. The molecule has 0 aliphatic heterocycles. The zero-order chi connectivity index (χ0) is 15.8. The number of nitrogens with two attached hydrogens (primary N) is 1. The highest BCUT2D eigenvalue weighted by Gasteiger charge is 2.09. The van der Waals surface area contributed by atoms with E-state index in [4.69, 9.17) is 5.73 Å². The molecule has 0 fully saturated rings. The number of anilines is 1. The minimum absolute atomic E-state index is 0.399. The lowest BCUT2D eigenvalue weighted by molar-refractivity contribution is 0.867.